The van der Waals surface area contributed by atoms with Gasteiger partial charge in [0.05, 0.1) is 0 Å². The number of hydrogen-bond acceptors (Lipinski definition) is 0. The fraction of sp³-hybridized carbons (Fsp3) is 0.214. The first-order valence-corrected chi connectivity index (χ1v) is 12.5. The Bertz CT molecular complexity index is 1010. The summed E-state index contributed by atoms with van der Waals surface area (Å²) >= 11 is 0. The van der Waals surface area contributed by atoms with Crippen LogP contribution in [0.4, 0.5) is 0 Å². The molecule has 0 bridgehead atoms. The van der Waals surface area contributed by atoms with Gasteiger partial charge in [-0.25, -0.2) is 0 Å². The first kappa shape index (κ1) is 19.7. The zero-order valence-corrected chi connectivity index (χ0v) is 19.2. The summed E-state index contributed by atoms with van der Waals surface area (Å²) in [5, 5.41) is 6.08. The van der Waals surface area contributed by atoms with Crippen molar-refractivity contribution >= 4 is 23.6 Å². The lowest BCUT2D eigenvalue weighted by Crippen LogP contribution is -2.69. The largest absolute Gasteiger partial charge is 0.176 e. The van der Waals surface area contributed by atoms with Crippen molar-refractivity contribution < 1.29 is 0 Å². The second-order valence-corrected chi connectivity index (χ2v) is 12.4. The molecular formula is C28H30Si. The van der Waals surface area contributed by atoms with Crippen LogP contribution < -0.4 is 15.6 Å². The molecule has 0 aromatic heterocycles. The molecule has 3 aromatic rings. The van der Waals surface area contributed by atoms with E-state index in [1.807, 2.05) is 0 Å². The second kappa shape index (κ2) is 7.65. The molecule has 3 aromatic carbocycles. The van der Waals surface area contributed by atoms with Crippen molar-refractivity contribution in [3.63, 3.8) is 0 Å². The molecule has 0 spiro atoms. The number of rotatable bonds is 4. The van der Waals surface area contributed by atoms with Crippen molar-refractivity contribution in [3.8, 4) is 0 Å². The highest BCUT2D eigenvalue weighted by Crippen LogP contribution is 2.33. The van der Waals surface area contributed by atoms with Crippen molar-refractivity contribution in [1.82, 2.24) is 0 Å². The van der Waals surface area contributed by atoms with Gasteiger partial charge in [0.2, 0.25) is 0 Å². The standard InChI is InChI=1S/C28H30Si/c1-20-9-6-12-25(17-20)29(26-13-7-10-21(2)18-26,27-14-8-11-22(3)19-27)28-23(4)15-16-24(28)5/h6-19,23H,1-5H3. The molecular weight excluding hydrogens is 364 g/mol. The van der Waals surface area contributed by atoms with Gasteiger partial charge in [0.1, 0.15) is 0 Å². The Morgan fingerprint density at radius 2 is 1.03 bits per heavy atom. The highest BCUT2D eigenvalue weighted by Gasteiger charge is 2.46. The quantitative estimate of drug-likeness (QED) is 0.424. The van der Waals surface area contributed by atoms with E-state index < -0.39 is 8.07 Å². The van der Waals surface area contributed by atoms with Crippen molar-refractivity contribution in [2.75, 3.05) is 0 Å². The molecule has 0 nitrogen and oxygen atoms in total. The minimum atomic E-state index is -2.39. The van der Waals surface area contributed by atoms with Crippen LogP contribution in [0.25, 0.3) is 0 Å². The molecule has 146 valence electrons. The van der Waals surface area contributed by atoms with E-state index >= 15 is 0 Å². The van der Waals surface area contributed by atoms with Crippen LogP contribution >= 0.6 is 0 Å². The van der Waals surface area contributed by atoms with E-state index in [9.17, 15) is 0 Å². The molecule has 1 unspecified atom stereocenters. The van der Waals surface area contributed by atoms with Gasteiger partial charge in [-0.05, 0) is 49.2 Å². The van der Waals surface area contributed by atoms with Crippen molar-refractivity contribution in [3.05, 3.63) is 112 Å². The molecule has 0 N–H and O–H groups in total. The van der Waals surface area contributed by atoms with Gasteiger partial charge in [-0.2, -0.15) is 0 Å². The maximum atomic E-state index is 2.43. The zero-order valence-electron chi connectivity index (χ0n) is 18.2. The van der Waals surface area contributed by atoms with Crippen molar-refractivity contribution in [2.24, 2.45) is 5.92 Å². The van der Waals surface area contributed by atoms with Gasteiger partial charge in [-0.15, -0.1) is 0 Å². The van der Waals surface area contributed by atoms with E-state index in [0.29, 0.717) is 5.92 Å². The molecule has 0 amide bonds. The van der Waals surface area contributed by atoms with Crippen LogP contribution in [0.1, 0.15) is 30.5 Å². The second-order valence-electron chi connectivity index (χ2n) is 8.60. The van der Waals surface area contributed by atoms with Crippen LogP contribution in [-0.4, -0.2) is 8.07 Å². The Labute approximate surface area is 176 Å². The monoisotopic (exact) mass is 394 g/mol. The fourth-order valence-electron chi connectivity index (χ4n) is 5.07. The summed E-state index contributed by atoms with van der Waals surface area (Å²) in [6, 6.07) is 27.8. The van der Waals surface area contributed by atoms with E-state index in [0.717, 1.165) is 0 Å². The highest BCUT2D eigenvalue weighted by molar-refractivity contribution is 7.16. The van der Waals surface area contributed by atoms with Crippen molar-refractivity contribution in [1.29, 1.82) is 0 Å². The maximum absolute atomic E-state index is 2.43. The molecule has 1 aliphatic carbocycles. The molecule has 0 heterocycles. The molecule has 29 heavy (non-hydrogen) atoms. The number of benzene rings is 3. The van der Waals surface area contributed by atoms with Crippen molar-refractivity contribution in [2.45, 2.75) is 34.6 Å². The number of hydrogen-bond donors (Lipinski definition) is 0. The third-order valence-electron chi connectivity index (χ3n) is 6.27. The molecule has 0 radical (unpaired) electrons. The lowest BCUT2D eigenvalue weighted by atomic mass is 10.2. The van der Waals surface area contributed by atoms with Crippen LogP contribution in [0.2, 0.25) is 0 Å². The highest BCUT2D eigenvalue weighted by atomic mass is 28.3. The van der Waals surface area contributed by atoms with E-state index in [-0.39, 0.29) is 0 Å². The Balaban J connectivity index is 2.18. The molecule has 0 saturated carbocycles. The third kappa shape index (κ3) is 3.34. The van der Waals surface area contributed by atoms with Crippen LogP contribution in [0.15, 0.2) is 95.7 Å². The molecule has 0 saturated heterocycles. The van der Waals surface area contributed by atoms with Crippen LogP contribution in [0.5, 0.6) is 0 Å². The minimum absolute atomic E-state index is 0.447. The Morgan fingerprint density at radius 1 is 0.621 bits per heavy atom. The lowest BCUT2D eigenvalue weighted by Gasteiger charge is -2.38. The summed E-state index contributed by atoms with van der Waals surface area (Å²) in [5.41, 5.74) is 5.43. The van der Waals surface area contributed by atoms with Crippen LogP contribution in [0.3, 0.4) is 0 Å². The topological polar surface area (TPSA) is 0 Å². The molecule has 0 aliphatic heterocycles. The van der Waals surface area contributed by atoms with Gasteiger partial charge in [0.15, 0.2) is 8.07 Å². The van der Waals surface area contributed by atoms with E-state index in [1.54, 1.807) is 5.20 Å². The first-order valence-electron chi connectivity index (χ1n) is 10.5. The predicted octanol–water partition coefficient (Wildman–Crippen LogP) is 5.14. The van der Waals surface area contributed by atoms with Gasteiger partial charge in [0.25, 0.3) is 0 Å². The Morgan fingerprint density at radius 3 is 1.34 bits per heavy atom. The SMILES string of the molecule is CC1=C([Si](c2cccc(C)c2)(c2cccc(C)c2)c2cccc(C)c2)C(C)C=C1. The summed E-state index contributed by atoms with van der Waals surface area (Å²) in [6.07, 6.45) is 4.72. The summed E-state index contributed by atoms with van der Waals surface area (Å²) in [6.45, 7) is 11.3. The third-order valence-corrected chi connectivity index (χ3v) is 11.5. The molecule has 4 rings (SSSR count). The van der Waals surface area contributed by atoms with Gasteiger partial charge in [-0.3, -0.25) is 0 Å². The van der Waals surface area contributed by atoms with E-state index in [2.05, 4.69) is 120 Å². The normalized spacial score (nSPS) is 16.5. The van der Waals surface area contributed by atoms with Gasteiger partial charge in [-0.1, -0.05) is 119 Å². The zero-order chi connectivity index (χ0) is 20.6. The maximum Gasteiger partial charge on any atom is 0.176 e. The average molecular weight is 395 g/mol. The molecule has 1 heteroatoms. The van der Waals surface area contributed by atoms with E-state index in [1.165, 1.54) is 37.8 Å². The van der Waals surface area contributed by atoms with Gasteiger partial charge in [0, 0.05) is 0 Å². The summed E-state index contributed by atoms with van der Waals surface area (Å²) in [7, 11) is -2.39. The Kier molecular flexibility index (Phi) is 5.18. The molecule has 1 aliphatic rings. The minimum Gasteiger partial charge on any atom is -0.0777 e. The summed E-state index contributed by atoms with van der Waals surface area (Å²) in [4.78, 5) is 0. The summed E-state index contributed by atoms with van der Waals surface area (Å²) < 4.78 is 0. The molecule has 0 fully saturated rings. The Hall–Kier alpha value is -2.64. The van der Waals surface area contributed by atoms with E-state index in [4.69, 9.17) is 0 Å². The average Bonchev–Trinajstić information content (AvgIpc) is 3.02. The lowest BCUT2D eigenvalue weighted by molar-refractivity contribution is 0.924. The summed E-state index contributed by atoms with van der Waals surface area (Å²) in [5.74, 6) is 0.447. The smallest absolute Gasteiger partial charge is 0.0777 e. The number of allylic oxidation sites excluding steroid dienone is 4. The van der Waals surface area contributed by atoms with Crippen LogP contribution in [-0.2, 0) is 0 Å². The fourth-order valence-corrected chi connectivity index (χ4v) is 10.8. The van der Waals surface area contributed by atoms with Gasteiger partial charge >= 0.3 is 0 Å². The first-order chi connectivity index (χ1) is 13.9. The number of aryl methyl sites for hydroxylation is 3. The van der Waals surface area contributed by atoms with Crippen LogP contribution in [0, 0.1) is 26.7 Å². The predicted molar refractivity (Wildman–Crippen MR) is 129 cm³/mol. The molecule has 1 atom stereocenters. The van der Waals surface area contributed by atoms with Gasteiger partial charge < -0.3 is 0 Å².